The van der Waals surface area contributed by atoms with Crippen LogP contribution in [0.1, 0.15) is 17.2 Å². The molecule has 106 valence electrons. The number of nitrogens with one attached hydrogen (secondary N) is 2. The van der Waals surface area contributed by atoms with E-state index in [0.717, 1.165) is 26.2 Å². The highest BCUT2D eigenvalue weighted by atomic mass is 79.9. The normalized spacial score (nSPS) is 10.4. The third kappa shape index (κ3) is 4.04. The molecule has 20 heavy (non-hydrogen) atoms. The van der Waals surface area contributed by atoms with Gasteiger partial charge in [0.2, 0.25) is 0 Å². The number of aryl methyl sites for hydroxylation is 2. The third-order valence-corrected chi connectivity index (χ3v) is 4.21. The second kappa shape index (κ2) is 6.69. The van der Waals surface area contributed by atoms with Crippen LogP contribution in [0, 0.1) is 13.8 Å². The number of hydrogen-bond acceptors (Lipinski definition) is 3. The van der Waals surface area contributed by atoms with E-state index in [4.69, 9.17) is 16.6 Å². The van der Waals surface area contributed by atoms with Crippen molar-refractivity contribution in [2.24, 2.45) is 0 Å². The molecule has 7 heteroatoms. The number of hydrogen-bond donors (Lipinski definition) is 2. The molecule has 2 aromatic rings. The van der Waals surface area contributed by atoms with Gasteiger partial charge in [0.05, 0.1) is 16.7 Å². The first-order valence-corrected chi connectivity index (χ1v) is 7.88. The quantitative estimate of drug-likeness (QED) is 0.727. The Labute approximate surface area is 139 Å². The molecule has 0 aliphatic rings. The van der Waals surface area contributed by atoms with Crippen molar-refractivity contribution in [1.29, 1.82) is 0 Å². The molecule has 0 atom stereocenters. The standard InChI is InChI=1S/C13H13Br2N3OS/c1-7-3-4-9(19-7)6-16-13(20)18-12-11(15)5-10(14)8(2)17-12/h3-5H,6H2,1-2H3,(H2,16,17,18,20). The molecule has 0 bridgehead atoms. The maximum Gasteiger partial charge on any atom is 0.172 e. The minimum atomic E-state index is 0.494. The highest BCUT2D eigenvalue weighted by Crippen LogP contribution is 2.26. The number of rotatable bonds is 3. The highest BCUT2D eigenvalue weighted by Gasteiger charge is 2.08. The van der Waals surface area contributed by atoms with Crippen molar-refractivity contribution < 1.29 is 4.42 Å². The van der Waals surface area contributed by atoms with Gasteiger partial charge in [-0.05, 0) is 76.1 Å². The first-order chi connectivity index (χ1) is 9.45. The molecule has 2 aromatic heterocycles. The number of halogens is 2. The van der Waals surface area contributed by atoms with E-state index in [1.165, 1.54) is 0 Å². The molecular formula is C13H13Br2N3OS. The van der Waals surface area contributed by atoms with E-state index >= 15 is 0 Å². The molecule has 0 unspecified atom stereocenters. The van der Waals surface area contributed by atoms with Gasteiger partial charge < -0.3 is 15.1 Å². The lowest BCUT2D eigenvalue weighted by Gasteiger charge is -2.11. The van der Waals surface area contributed by atoms with Gasteiger partial charge >= 0.3 is 0 Å². The van der Waals surface area contributed by atoms with Gasteiger partial charge in [-0.2, -0.15) is 0 Å². The fourth-order valence-electron chi connectivity index (χ4n) is 1.55. The highest BCUT2D eigenvalue weighted by molar-refractivity contribution is 9.11. The van der Waals surface area contributed by atoms with Crippen LogP contribution < -0.4 is 10.6 Å². The second-order valence-corrected chi connectivity index (χ2v) is 6.32. The summed E-state index contributed by atoms with van der Waals surface area (Å²) in [5.74, 6) is 2.40. The number of anilines is 1. The van der Waals surface area contributed by atoms with Crippen LogP contribution in [0.25, 0.3) is 0 Å². The molecular weight excluding hydrogens is 406 g/mol. The first kappa shape index (κ1) is 15.5. The van der Waals surface area contributed by atoms with Crippen LogP contribution >= 0.6 is 44.1 Å². The summed E-state index contributed by atoms with van der Waals surface area (Å²) in [4.78, 5) is 4.42. The van der Waals surface area contributed by atoms with Gasteiger partial charge in [0.25, 0.3) is 0 Å². The fraction of sp³-hybridized carbons (Fsp3) is 0.231. The first-order valence-electron chi connectivity index (χ1n) is 5.88. The van der Waals surface area contributed by atoms with Crippen molar-refractivity contribution in [2.75, 3.05) is 5.32 Å². The van der Waals surface area contributed by atoms with Gasteiger partial charge in [0.15, 0.2) is 5.11 Å². The Morgan fingerprint density at radius 3 is 2.70 bits per heavy atom. The van der Waals surface area contributed by atoms with Crippen molar-refractivity contribution in [3.63, 3.8) is 0 Å². The molecule has 0 saturated heterocycles. The number of furan rings is 1. The van der Waals surface area contributed by atoms with Gasteiger partial charge in [0, 0.05) is 4.47 Å². The number of nitrogens with zero attached hydrogens (tertiary/aromatic N) is 1. The Morgan fingerprint density at radius 2 is 2.05 bits per heavy atom. The van der Waals surface area contributed by atoms with Crippen molar-refractivity contribution >= 4 is 55.0 Å². The predicted octanol–water partition coefficient (Wildman–Crippen LogP) is 4.30. The Balaban J connectivity index is 1.96. The molecule has 0 amide bonds. The van der Waals surface area contributed by atoms with E-state index in [-0.39, 0.29) is 0 Å². The monoisotopic (exact) mass is 417 g/mol. The molecule has 2 heterocycles. The van der Waals surface area contributed by atoms with E-state index < -0.39 is 0 Å². The number of thiocarbonyl (C=S) groups is 1. The summed E-state index contributed by atoms with van der Waals surface area (Å²) in [6, 6.07) is 5.77. The van der Waals surface area contributed by atoms with E-state index in [0.29, 0.717) is 17.5 Å². The zero-order chi connectivity index (χ0) is 14.7. The van der Waals surface area contributed by atoms with Crippen LogP contribution in [0.15, 0.2) is 31.6 Å². The number of pyridine rings is 1. The summed E-state index contributed by atoms with van der Waals surface area (Å²) < 4.78 is 7.25. The van der Waals surface area contributed by atoms with Gasteiger partial charge in [-0.25, -0.2) is 4.98 Å². The summed E-state index contributed by atoms with van der Waals surface area (Å²) in [6.45, 7) is 4.36. The molecule has 2 rings (SSSR count). The second-order valence-electron chi connectivity index (χ2n) is 4.21. The lowest BCUT2D eigenvalue weighted by atomic mass is 10.4. The van der Waals surface area contributed by atoms with Crippen LogP contribution in [0.4, 0.5) is 5.82 Å². The van der Waals surface area contributed by atoms with Gasteiger partial charge in [0.1, 0.15) is 17.3 Å². The molecule has 4 nitrogen and oxygen atoms in total. The van der Waals surface area contributed by atoms with Crippen LogP contribution in [-0.2, 0) is 6.54 Å². The largest absolute Gasteiger partial charge is 0.465 e. The summed E-state index contributed by atoms with van der Waals surface area (Å²) in [5, 5.41) is 6.63. The van der Waals surface area contributed by atoms with Gasteiger partial charge in [-0.15, -0.1) is 0 Å². The Kier molecular flexibility index (Phi) is 5.17. The van der Waals surface area contributed by atoms with Crippen LogP contribution in [0.3, 0.4) is 0 Å². The van der Waals surface area contributed by atoms with Crippen molar-refractivity contribution in [3.8, 4) is 0 Å². The average Bonchev–Trinajstić information content (AvgIpc) is 2.79. The molecule has 0 aliphatic heterocycles. The van der Waals surface area contributed by atoms with Crippen LogP contribution in [0.2, 0.25) is 0 Å². The zero-order valence-corrected chi connectivity index (χ0v) is 14.9. The van der Waals surface area contributed by atoms with Gasteiger partial charge in [-0.3, -0.25) is 0 Å². The summed E-state index contributed by atoms with van der Waals surface area (Å²) in [7, 11) is 0. The van der Waals surface area contributed by atoms with E-state index in [2.05, 4.69) is 47.5 Å². The molecule has 2 N–H and O–H groups in total. The maximum atomic E-state index is 5.46. The van der Waals surface area contributed by atoms with Gasteiger partial charge in [-0.1, -0.05) is 0 Å². The third-order valence-electron chi connectivity index (χ3n) is 2.56. The van der Waals surface area contributed by atoms with Crippen LogP contribution in [0.5, 0.6) is 0 Å². The molecule has 0 saturated carbocycles. The summed E-state index contributed by atoms with van der Waals surface area (Å²) in [6.07, 6.45) is 0. The maximum absolute atomic E-state index is 5.46. The lowest BCUT2D eigenvalue weighted by Crippen LogP contribution is -2.28. The van der Waals surface area contributed by atoms with Crippen molar-refractivity contribution in [2.45, 2.75) is 20.4 Å². The molecule has 0 spiro atoms. The molecule has 0 aromatic carbocycles. The van der Waals surface area contributed by atoms with E-state index in [1.54, 1.807) is 0 Å². The van der Waals surface area contributed by atoms with Crippen molar-refractivity contribution in [3.05, 3.63) is 44.4 Å². The minimum Gasteiger partial charge on any atom is -0.465 e. The fourth-order valence-corrected chi connectivity index (χ4v) is 2.76. The SMILES string of the molecule is Cc1ccc(CNC(=S)Nc2nc(C)c(Br)cc2Br)o1. The average molecular weight is 419 g/mol. The summed E-state index contributed by atoms with van der Waals surface area (Å²) >= 11 is 12.1. The zero-order valence-electron chi connectivity index (χ0n) is 11.0. The van der Waals surface area contributed by atoms with E-state index in [1.807, 2.05) is 32.0 Å². The van der Waals surface area contributed by atoms with E-state index in [9.17, 15) is 0 Å². The van der Waals surface area contributed by atoms with Crippen LogP contribution in [-0.4, -0.2) is 10.1 Å². The Bertz CT molecular complexity index is 643. The molecule has 0 aliphatic carbocycles. The molecule has 0 fully saturated rings. The minimum absolute atomic E-state index is 0.494. The smallest absolute Gasteiger partial charge is 0.172 e. The Morgan fingerprint density at radius 1 is 1.30 bits per heavy atom. The van der Waals surface area contributed by atoms with Crippen molar-refractivity contribution in [1.82, 2.24) is 10.3 Å². The number of aromatic nitrogens is 1. The summed E-state index contributed by atoms with van der Waals surface area (Å²) in [5.41, 5.74) is 0.889. The lowest BCUT2D eigenvalue weighted by molar-refractivity contribution is 0.478. The predicted molar refractivity (Wildman–Crippen MR) is 90.9 cm³/mol. The Hall–Kier alpha value is -0.920. The molecule has 0 radical (unpaired) electrons. The topological polar surface area (TPSA) is 50.1 Å².